The van der Waals surface area contributed by atoms with Gasteiger partial charge < -0.3 is 9.80 Å². The Morgan fingerprint density at radius 3 is 2.35 bits per heavy atom. The number of rotatable bonds is 3. The third-order valence-corrected chi connectivity index (χ3v) is 3.46. The van der Waals surface area contributed by atoms with E-state index in [1.807, 2.05) is 49.3 Å². The number of carbonyl (C=O) groups excluding carboxylic acids is 1. The first-order chi connectivity index (χ1) is 9.61. The molecule has 2 rings (SSSR count). The Labute approximate surface area is 119 Å². The summed E-state index contributed by atoms with van der Waals surface area (Å²) in [5.74, 6) is -0.151. The first kappa shape index (κ1) is 14.1. The fraction of sp³-hybridized carbons (Fsp3) is 0.375. The Morgan fingerprint density at radius 2 is 1.85 bits per heavy atom. The van der Waals surface area contributed by atoms with Crippen molar-refractivity contribution in [2.45, 2.75) is 12.8 Å². The molecule has 0 atom stereocenters. The van der Waals surface area contributed by atoms with Crippen molar-refractivity contribution in [3.8, 4) is 6.07 Å². The second-order valence-corrected chi connectivity index (χ2v) is 5.16. The molecule has 0 saturated carbocycles. The van der Waals surface area contributed by atoms with E-state index in [4.69, 9.17) is 0 Å². The second kappa shape index (κ2) is 6.25. The fourth-order valence-electron chi connectivity index (χ4n) is 2.27. The number of carbonyl (C=O) groups is 1. The third-order valence-electron chi connectivity index (χ3n) is 3.46. The summed E-state index contributed by atoms with van der Waals surface area (Å²) in [4.78, 5) is 15.9. The molecule has 1 aliphatic rings. The van der Waals surface area contributed by atoms with Crippen molar-refractivity contribution < 1.29 is 4.79 Å². The summed E-state index contributed by atoms with van der Waals surface area (Å²) in [5.41, 5.74) is 2.18. The van der Waals surface area contributed by atoms with Gasteiger partial charge in [-0.05, 0) is 36.6 Å². The van der Waals surface area contributed by atoms with Crippen molar-refractivity contribution >= 4 is 17.7 Å². The van der Waals surface area contributed by atoms with Crippen LogP contribution in [0.25, 0.3) is 6.08 Å². The van der Waals surface area contributed by atoms with Gasteiger partial charge in [0.15, 0.2) is 0 Å². The molecule has 0 bridgehead atoms. The van der Waals surface area contributed by atoms with Crippen LogP contribution in [-0.4, -0.2) is 38.0 Å². The van der Waals surface area contributed by atoms with E-state index < -0.39 is 0 Å². The molecule has 1 aromatic rings. The SMILES string of the molecule is CN(C)c1ccc(/C=C(\C#N)C(=O)N2CCCC2)cc1. The van der Waals surface area contributed by atoms with Gasteiger partial charge in [-0.3, -0.25) is 4.79 Å². The quantitative estimate of drug-likeness (QED) is 0.625. The molecule has 4 heteroatoms. The van der Waals surface area contributed by atoms with Crippen molar-refractivity contribution in [3.05, 3.63) is 35.4 Å². The molecule has 1 aromatic carbocycles. The van der Waals surface area contributed by atoms with Gasteiger partial charge in [-0.1, -0.05) is 12.1 Å². The van der Waals surface area contributed by atoms with Crippen LogP contribution in [-0.2, 0) is 4.79 Å². The zero-order chi connectivity index (χ0) is 14.5. The van der Waals surface area contributed by atoms with Gasteiger partial charge in [0.05, 0.1) is 0 Å². The fourth-order valence-corrected chi connectivity index (χ4v) is 2.27. The zero-order valence-corrected chi connectivity index (χ0v) is 12.0. The molecule has 4 nitrogen and oxygen atoms in total. The number of nitrogens with zero attached hydrogens (tertiary/aromatic N) is 3. The minimum Gasteiger partial charge on any atom is -0.378 e. The Hall–Kier alpha value is -2.28. The Kier molecular flexibility index (Phi) is 4.41. The van der Waals surface area contributed by atoms with Crippen LogP contribution >= 0.6 is 0 Å². The highest BCUT2D eigenvalue weighted by molar-refractivity contribution is 6.01. The van der Waals surface area contributed by atoms with E-state index in [1.54, 1.807) is 11.0 Å². The van der Waals surface area contributed by atoms with Crippen molar-refractivity contribution in [1.82, 2.24) is 4.90 Å². The standard InChI is InChI=1S/C16H19N3O/c1-18(2)15-7-5-13(6-8-15)11-14(12-17)16(20)19-9-3-4-10-19/h5-8,11H,3-4,9-10H2,1-2H3/b14-11+. The number of benzene rings is 1. The Balaban J connectivity index is 2.18. The minimum absolute atomic E-state index is 0.151. The van der Waals surface area contributed by atoms with Crippen LogP contribution in [0.4, 0.5) is 5.69 Å². The third kappa shape index (κ3) is 3.18. The lowest BCUT2D eigenvalue weighted by Crippen LogP contribution is -2.28. The topological polar surface area (TPSA) is 47.3 Å². The van der Waals surface area contributed by atoms with Crippen LogP contribution in [0.1, 0.15) is 18.4 Å². The first-order valence-corrected chi connectivity index (χ1v) is 6.80. The van der Waals surface area contributed by atoms with Gasteiger partial charge in [0.2, 0.25) is 0 Å². The van der Waals surface area contributed by atoms with Crippen molar-refractivity contribution in [1.29, 1.82) is 5.26 Å². The molecule has 0 radical (unpaired) electrons. The average molecular weight is 269 g/mol. The molecular weight excluding hydrogens is 250 g/mol. The highest BCUT2D eigenvalue weighted by Gasteiger charge is 2.21. The van der Waals surface area contributed by atoms with Crippen molar-refractivity contribution in [2.24, 2.45) is 0 Å². The first-order valence-electron chi connectivity index (χ1n) is 6.80. The van der Waals surface area contributed by atoms with Gasteiger partial charge in [0.25, 0.3) is 5.91 Å². The Morgan fingerprint density at radius 1 is 1.25 bits per heavy atom. The zero-order valence-electron chi connectivity index (χ0n) is 12.0. The number of likely N-dealkylation sites (tertiary alicyclic amines) is 1. The summed E-state index contributed by atoms with van der Waals surface area (Å²) < 4.78 is 0. The van der Waals surface area contributed by atoms with E-state index in [2.05, 4.69) is 0 Å². The van der Waals surface area contributed by atoms with Crippen LogP contribution in [0, 0.1) is 11.3 Å². The molecule has 1 saturated heterocycles. The summed E-state index contributed by atoms with van der Waals surface area (Å²) in [6.07, 6.45) is 3.73. The molecule has 0 aliphatic carbocycles. The lowest BCUT2D eigenvalue weighted by atomic mass is 10.1. The van der Waals surface area contributed by atoms with Gasteiger partial charge in [-0.15, -0.1) is 0 Å². The van der Waals surface area contributed by atoms with Gasteiger partial charge in [0.1, 0.15) is 11.6 Å². The van der Waals surface area contributed by atoms with Crippen LogP contribution in [0.15, 0.2) is 29.8 Å². The number of nitriles is 1. The molecule has 0 aromatic heterocycles. The number of hydrogen-bond donors (Lipinski definition) is 0. The summed E-state index contributed by atoms with van der Waals surface area (Å²) >= 11 is 0. The maximum Gasteiger partial charge on any atom is 0.264 e. The van der Waals surface area contributed by atoms with Gasteiger partial charge in [-0.2, -0.15) is 5.26 Å². The monoisotopic (exact) mass is 269 g/mol. The van der Waals surface area contributed by atoms with Crippen LogP contribution in [0.5, 0.6) is 0 Å². The lowest BCUT2D eigenvalue weighted by Gasteiger charge is -2.14. The second-order valence-electron chi connectivity index (χ2n) is 5.16. The molecule has 1 amide bonds. The molecule has 104 valence electrons. The predicted molar refractivity (Wildman–Crippen MR) is 80.2 cm³/mol. The summed E-state index contributed by atoms with van der Waals surface area (Å²) in [6, 6.07) is 9.81. The summed E-state index contributed by atoms with van der Waals surface area (Å²) in [7, 11) is 3.95. The van der Waals surface area contributed by atoms with Crippen molar-refractivity contribution in [2.75, 3.05) is 32.1 Å². The maximum atomic E-state index is 12.2. The lowest BCUT2D eigenvalue weighted by molar-refractivity contribution is -0.125. The molecule has 20 heavy (non-hydrogen) atoms. The Bertz CT molecular complexity index is 546. The van der Waals surface area contributed by atoms with Crippen LogP contribution in [0.2, 0.25) is 0 Å². The van der Waals surface area contributed by atoms with Crippen molar-refractivity contribution in [3.63, 3.8) is 0 Å². The largest absolute Gasteiger partial charge is 0.378 e. The average Bonchev–Trinajstić information content (AvgIpc) is 2.98. The number of anilines is 1. The summed E-state index contributed by atoms with van der Waals surface area (Å²) in [5, 5.41) is 9.19. The van der Waals surface area contributed by atoms with E-state index in [0.29, 0.717) is 0 Å². The molecule has 1 fully saturated rings. The van der Waals surface area contributed by atoms with Gasteiger partial charge in [0, 0.05) is 32.9 Å². The number of amides is 1. The molecule has 0 spiro atoms. The van der Waals surface area contributed by atoms with E-state index in [9.17, 15) is 10.1 Å². The van der Waals surface area contributed by atoms with E-state index in [1.165, 1.54) is 0 Å². The van der Waals surface area contributed by atoms with E-state index >= 15 is 0 Å². The predicted octanol–water partition coefficient (Wildman–Crippen LogP) is 2.28. The molecule has 1 heterocycles. The highest BCUT2D eigenvalue weighted by atomic mass is 16.2. The molecule has 1 aliphatic heterocycles. The minimum atomic E-state index is -0.151. The smallest absolute Gasteiger partial charge is 0.264 e. The highest BCUT2D eigenvalue weighted by Crippen LogP contribution is 2.17. The normalized spacial score (nSPS) is 15.1. The molecule has 0 unspecified atom stereocenters. The molecule has 0 N–H and O–H groups in total. The summed E-state index contributed by atoms with van der Waals surface area (Å²) in [6.45, 7) is 1.52. The van der Waals surface area contributed by atoms with Crippen LogP contribution < -0.4 is 4.90 Å². The molecular formula is C16H19N3O. The van der Waals surface area contributed by atoms with Crippen LogP contribution in [0.3, 0.4) is 0 Å². The van der Waals surface area contributed by atoms with E-state index in [0.717, 1.165) is 37.2 Å². The number of hydrogen-bond acceptors (Lipinski definition) is 3. The van der Waals surface area contributed by atoms with Gasteiger partial charge in [-0.25, -0.2) is 0 Å². The van der Waals surface area contributed by atoms with Gasteiger partial charge >= 0.3 is 0 Å². The van der Waals surface area contributed by atoms with E-state index in [-0.39, 0.29) is 11.5 Å². The maximum absolute atomic E-state index is 12.2.